The van der Waals surface area contributed by atoms with Gasteiger partial charge < -0.3 is 0 Å². The first-order valence-corrected chi connectivity index (χ1v) is 13.1. The number of halogens is 4. The van der Waals surface area contributed by atoms with Gasteiger partial charge in [0.15, 0.2) is 17.5 Å². The number of allylic oxidation sites excluding steroid dienone is 2. The van der Waals surface area contributed by atoms with Crippen molar-refractivity contribution in [2.24, 2.45) is 11.8 Å². The Morgan fingerprint density at radius 3 is 2.09 bits per heavy atom. The van der Waals surface area contributed by atoms with E-state index in [0.29, 0.717) is 6.42 Å². The van der Waals surface area contributed by atoms with Crippen molar-refractivity contribution >= 4 is 0 Å². The number of hydrogen-bond donors (Lipinski definition) is 0. The maximum absolute atomic E-state index is 14.8. The van der Waals surface area contributed by atoms with Crippen molar-refractivity contribution in [3.8, 4) is 11.1 Å². The lowest BCUT2D eigenvalue weighted by Gasteiger charge is -2.29. The molecule has 2 aromatic carbocycles. The van der Waals surface area contributed by atoms with Crippen molar-refractivity contribution in [2.45, 2.75) is 90.4 Å². The zero-order chi connectivity index (χ0) is 24.1. The van der Waals surface area contributed by atoms with Crippen molar-refractivity contribution in [1.82, 2.24) is 0 Å². The Morgan fingerprint density at radius 1 is 0.735 bits per heavy atom. The van der Waals surface area contributed by atoms with Crippen LogP contribution in [0.5, 0.6) is 0 Å². The molecule has 2 aromatic rings. The number of unbranched alkanes of at least 4 members (excludes halogenated alkanes) is 3. The maximum Gasteiger partial charge on any atom is 0.194 e. The van der Waals surface area contributed by atoms with Crippen molar-refractivity contribution in [3.63, 3.8) is 0 Å². The number of hydrogen-bond acceptors (Lipinski definition) is 0. The minimum Gasteiger partial charge on any atom is -0.206 e. The van der Waals surface area contributed by atoms with E-state index in [1.807, 2.05) is 0 Å². The lowest BCUT2D eigenvalue weighted by molar-refractivity contribution is 0.248. The van der Waals surface area contributed by atoms with Gasteiger partial charge in [0.25, 0.3) is 0 Å². The van der Waals surface area contributed by atoms with E-state index in [2.05, 4.69) is 13.0 Å². The predicted molar refractivity (Wildman–Crippen MR) is 131 cm³/mol. The minimum atomic E-state index is -1.53. The zero-order valence-corrected chi connectivity index (χ0v) is 20.2. The third-order valence-electron chi connectivity index (χ3n) is 7.92. The van der Waals surface area contributed by atoms with Gasteiger partial charge in [-0.15, -0.1) is 0 Å². The Bertz CT molecular complexity index is 992. The normalized spacial score (nSPS) is 20.2. The van der Waals surface area contributed by atoms with Gasteiger partial charge in [-0.2, -0.15) is 0 Å². The summed E-state index contributed by atoms with van der Waals surface area (Å²) < 4.78 is 55.4. The Balaban J connectivity index is 1.30. The molecule has 0 unspecified atom stereocenters. The highest BCUT2D eigenvalue weighted by atomic mass is 19.2. The van der Waals surface area contributed by atoms with Crippen LogP contribution in [0.4, 0.5) is 17.6 Å². The van der Waals surface area contributed by atoms with Gasteiger partial charge in [0.2, 0.25) is 0 Å². The van der Waals surface area contributed by atoms with Gasteiger partial charge in [-0.05, 0) is 78.5 Å². The largest absolute Gasteiger partial charge is 0.206 e. The molecule has 0 nitrogen and oxygen atoms in total. The molecule has 0 aromatic heterocycles. The van der Waals surface area contributed by atoms with Crippen molar-refractivity contribution in [3.05, 3.63) is 70.3 Å². The first-order valence-electron chi connectivity index (χ1n) is 13.1. The van der Waals surface area contributed by atoms with Gasteiger partial charge in [0.1, 0.15) is 5.82 Å². The lowest BCUT2D eigenvalue weighted by Crippen LogP contribution is -2.15. The summed E-state index contributed by atoms with van der Waals surface area (Å²) in [4.78, 5) is 0. The molecule has 34 heavy (non-hydrogen) atoms. The smallest absolute Gasteiger partial charge is 0.194 e. The van der Waals surface area contributed by atoms with Crippen LogP contribution < -0.4 is 0 Å². The second-order valence-electron chi connectivity index (χ2n) is 10.4. The number of rotatable bonds is 9. The van der Waals surface area contributed by atoms with E-state index in [-0.39, 0.29) is 11.1 Å². The van der Waals surface area contributed by atoms with Crippen molar-refractivity contribution < 1.29 is 17.6 Å². The molecule has 184 valence electrons. The summed E-state index contributed by atoms with van der Waals surface area (Å²) in [6, 6.07) is 4.85. The minimum absolute atomic E-state index is 0.0208. The number of fused-ring (bicyclic) bond motifs is 1. The summed E-state index contributed by atoms with van der Waals surface area (Å²) in [5.41, 5.74) is 3.40. The average Bonchev–Trinajstić information content (AvgIpc) is 2.84. The van der Waals surface area contributed by atoms with E-state index < -0.39 is 23.3 Å². The molecule has 0 heterocycles. The maximum atomic E-state index is 14.8. The molecule has 0 spiro atoms. The molecule has 4 heteroatoms. The van der Waals surface area contributed by atoms with Crippen molar-refractivity contribution in [1.29, 1.82) is 0 Å². The van der Waals surface area contributed by atoms with E-state index in [1.54, 1.807) is 6.07 Å². The van der Waals surface area contributed by atoms with E-state index in [9.17, 15) is 17.6 Å². The van der Waals surface area contributed by atoms with Crippen molar-refractivity contribution in [2.75, 3.05) is 0 Å². The summed E-state index contributed by atoms with van der Waals surface area (Å²) >= 11 is 0. The molecule has 0 saturated heterocycles. The second-order valence-corrected chi connectivity index (χ2v) is 10.4. The molecule has 0 bridgehead atoms. The average molecular weight is 473 g/mol. The Morgan fingerprint density at radius 2 is 1.41 bits per heavy atom. The van der Waals surface area contributed by atoms with Gasteiger partial charge in [-0.1, -0.05) is 76.4 Å². The van der Waals surface area contributed by atoms with E-state index in [4.69, 9.17) is 0 Å². The van der Waals surface area contributed by atoms with Gasteiger partial charge in [-0.3, -0.25) is 0 Å². The standard InChI is InChI=1S/C30H36F4/c1-2-3-4-5-6-20-7-9-21(10-8-20)11-12-22-13-14-23-16-26(27(31)17-24(23)15-22)25-18-28(32)30(34)29(33)19-25/h13,16-21H,2-12,14-15H2,1H3. The topological polar surface area (TPSA) is 0 Å². The second kappa shape index (κ2) is 11.6. The SMILES string of the molecule is CCCCCCC1CCC(CCC2=CCc3cc(-c4cc(F)c(F)c(F)c4)c(F)cc3C2)CC1. The molecule has 2 aliphatic carbocycles. The van der Waals surface area contributed by atoms with Gasteiger partial charge >= 0.3 is 0 Å². The van der Waals surface area contributed by atoms with Crippen LogP contribution in [0, 0.1) is 35.1 Å². The molecule has 4 rings (SSSR count). The van der Waals surface area contributed by atoms with Crippen LogP contribution in [0.2, 0.25) is 0 Å². The number of benzene rings is 2. The molecular formula is C30H36F4. The molecule has 0 atom stereocenters. The van der Waals surface area contributed by atoms with Crippen LogP contribution in [0.3, 0.4) is 0 Å². The quantitative estimate of drug-likeness (QED) is 0.148. The van der Waals surface area contributed by atoms with E-state index in [0.717, 1.165) is 47.9 Å². The van der Waals surface area contributed by atoms with Crippen LogP contribution >= 0.6 is 0 Å². The summed E-state index contributed by atoms with van der Waals surface area (Å²) in [5, 5.41) is 0. The Labute approximate surface area is 201 Å². The third kappa shape index (κ3) is 6.12. The highest BCUT2D eigenvalue weighted by Crippen LogP contribution is 2.37. The lowest BCUT2D eigenvalue weighted by atomic mass is 9.77. The van der Waals surface area contributed by atoms with E-state index in [1.165, 1.54) is 75.8 Å². The van der Waals surface area contributed by atoms with Gasteiger partial charge in [0, 0.05) is 5.56 Å². The molecule has 1 saturated carbocycles. The third-order valence-corrected chi connectivity index (χ3v) is 7.92. The van der Waals surface area contributed by atoms with E-state index >= 15 is 0 Å². The van der Waals surface area contributed by atoms with Gasteiger partial charge in [-0.25, -0.2) is 17.6 Å². The molecular weight excluding hydrogens is 436 g/mol. The summed E-state index contributed by atoms with van der Waals surface area (Å²) in [5.74, 6) is -2.94. The van der Waals surface area contributed by atoms with Crippen LogP contribution in [-0.4, -0.2) is 0 Å². The molecule has 2 aliphatic rings. The first-order chi connectivity index (χ1) is 16.4. The molecule has 0 aliphatic heterocycles. The fourth-order valence-electron chi connectivity index (χ4n) is 5.77. The summed E-state index contributed by atoms with van der Waals surface area (Å²) in [7, 11) is 0. The zero-order valence-electron chi connectivity index (χ0n) is 20.2. The first kappa shape index (κ1) is 25.0. The summed E-state index contributed by atoms with van der Waals surface area (Å²) in [6.45, 7) is 2.26. The highest BCUT2D eigenvalue weighted by Gasteiger charge is 2.22. The Hall–Kier alpha value is -2.10. The van der Waals surface area contributed by atoms with Crippen LogP contribution in [-0.2, 0) is 12.8 Å². The fourth-order valence-corrected chi connectivity index (χ4v) is 5.77. The predicted octanol–water partition coefficient (Wildman–Crippen LogP) is 9.49. The molecule has 0 amide bonds. The van der Waals surface area contributed by atoms with Crippen LogP contribution in [0.15, 0.2) is 35.9 Å². The molecule has 1 fully saturated rings. The molecule has 0 N–H and O–H groups in total. The fraction of sp³-hybridized carbons (Fsp3) is 0.533. The monoisotopic (exact) mass is 472 g/mol. The summed E-state index contributed by atoms with van der Waals surface area (Å²) in [6.07, 6.45) is 18.2. The molecule has 0 radical (unpaired) electrons. The van der Waals surface area contributed by atoms with Crippen LogP contribution in [0.1, 0.15) is 88.7 Å². The highest BCUT2D eigenvalue weighted by molar-refractivity contribution is 5.66. The van der Waals surface area contributed by atoms with Gasteiger partial charge in [0.05, 0.1) is 0 Å². The van der Waals surface area contributed by atoms with Crippen LogP contribution in [0.25, 0.3) is 11.1 Å². The Kier molecular flexibility index (Phi) is 8.50.